The van der Waals surface area contributed by atoms with Crippen LogP contribution < -0.4 is 5.32 Å². The van der Waals surface area contributed by atoms with Crippen LogP contribution in [0, 0.1) is 20.8 Å². The maximum Gasteiger partial charge on any atom is 0.224 e. The van der Waals surface area contributed by atoms with E-state index in [4.69, 9.17) is 0 Å². The third-order valence-corrected chi connectivity index (χ3v) is 4.86. The first-order valence-corrected chi connectivity index (χ1v) is 9.42. The van der Waals surface area contributed by atoms with E-state index in [0.717, 1.165) is 34.2 Å². The minimum Gasteiger partial charge on any atom is -0.355 e. The lowest BCUT2D eigenvalue weighted by Crippen LogP contribution is -2.27. The van der Waals surface area contributed by atoms with Gasteiger partial charge in [0.05, 0.1) is 17.8 Å². The van der Waals surface area contributed by atoms with Gasteiger partial charge in [-0.05, 0) is 32.9 Å². The molecule has 2 aromatic heterocycles. The number of aromatic nitrogens is 5. The summed E-state index contributed by atoms with van der Waals surface area (Å²) in [6.07, 6.45) is 0.328. The number of aromatic amines is 1. The Bertz CT molecular complexity index is 886. The zero-order chi connectivity index (χ0) is 18.5. The summed E-state index contributed by atoms with van der Waals surface area (Å²) in [5.41, 5.74) is 3.85. The Morgan fingerprint density at radius 1 is 1.23 bits per heavy atom. The van der Waals surface area contributed by atoms with Crippen LogP contribution in [0.1, 0.15) is 22.8 Å². The quantitative estimate of drug-likeness (QED) is 0.492. The zero-order valence-corrected chi connectivity index (χ0v) is 15.9. The lowest BCUT2D eigenvalue weighted by molar-refractivity contribution is -0.120. The van der Waals surface area contributed by atoms with Crippen molar-refractivity contribution in [2.24, 2.45) is 0 Å². The molecular formula is C18H22N6OS. The molecule has 0 saturated heterocycles. The first-order valence-electron chi connectivity index (χ1n) is 8.43. The highest BCUT2D eigenvalue weighted by Crippen LogP contribution is 2.18. The molecule has 136 valence electrons. The van der Waals surface area contributed by atoms with E-state index in [2.05, 4.69) is 25.6 Å². The molecule has 0 saturated carbocycles. The highest BCUT2D eigenvalue weighted by molar-refractivity contribution is 7.99. The molecule has 0 aliphatic rings. The van der Waals surface area contributed by atoms with E-state index in [9.17, 15) is 4.79 Å². The number of rotatable bonds is 7. The average molecular weight is 370 g/mol. The molecule has 7 nitrogen and oxygen atoms in total. The SMILES string of the molecule is Cc1nc(SCCNC(=O)Cc2c(C)nn(-c3ccccc3)c2C)n[nH]1. The van der Waals surface area contributed by atoms with Gasteiger partial charge in [0.2, 0.25) is 11.1 Å². The molecule has 0 bridgehead atoms. The second-order valence-corrected chi connectivity index (χ2v) is 7.04. The summed E-state index contributed by atoms with van der Waals surface area (Å²) < 4.78 is 1.89. The molecule has 1 amide bonds. The highest BCUT2D eigenvalue weighted by atomic mass is 32.2. The Morgan fingerprint density at radius 3 is 2.69 bits per heavy atom. The molecule has 2 heterocycles. The number of H-pyrrole nitrogens is 1. The van der Waals surface area contributed by atoms with Gasteiger partial charge in [-0.3, -0.25) is 9.89 Å². The first kappa shape index (κ1) is 18.2. The Labute approximate surface area is 156 Å². The van der Waals surface area contributed by atoms with E-state index in [-0.39, 0.29) is 5.91 Å². The van der Waals surface area contributed by atoms with Crippen molar-refractivity contribution < 1.29 is 4.79 Å². The fourth-order valence-corrected chi connectivity index (χ4v) is 3.39. The van der Waals surface area contributed by atoms with Crippen molar-refractivity contribution in [1.29, 1.82) is 0 Å². The van der Waals surface area contributed by atoms with Gasteiger partial charge in [-0.2, -0.15) is 5.10 Å². The van der Waals surface area contributed by atoms with Crippen LogP contribution in [0.15, 0.2) is 35.5 Å². The fourth-order valence-electron chi connectivity index (χ4n) is 2.69. The number of nitrogens with zero attached hydrogens (tertiary/aromatic N) is 4. The van der Waals surface area contributed by atoms with Crippen molar-refractivity contribution >= 4 is 17.7 Å². The lowest BCUT2D eigenvalue weighted by Gasteiger charge is -2.06. The monoisotopic (exact) mass is 370 g/mol. The molecule has 0 fully saturated rings. The molecule has 2 N–H and O–H groups in total. The molecule has 3 rings (SSSR count). The molecule has 0 unspecified atom stereocenters. The number of carbonyl (C=O) groups excluding carboxylic acids is 1. The second-order valence-electron chi connectivity index (χ2n) is 5.98. The van der Waals surface area contributed by atoms with Crippen molar-refractivity contribution in [1.82, 2.24) is 30.3 Å². The number of hydrogen-bond donors (Lipinski definition) is 2. The van der Waals surface area contributed by atoms with Crippen molar-refractivity contribution in [3.05, 3.63) is 53.1 Å². The summed E-state index contributed by atoms with van der Waals surface area (Å²) in [7, 11) is 0. The number of hydrogen-bond acceptors (Lipinski definition) is 5. The van der Waals surface area contributed by atoms with Gasteiger partial charge < -0.3 is 5.32 Å². The third-order valence-electron chi connectivity index (χ3n) is 4.01. The van der Waals surface area contributed by atoms with Crippen molar-refractivity contribution in [3.8, 4) is 5.69 Å². The minimum absolute atomic E-state index is 0.00409. The Balaban J connectivity index is 1.55. The Morgan fingerprint density at radius 2 is 2.00 bits per heavy atom. The lowest BCUT2D eigenvalue weighted by atomic mass is 10.1. The van der Waals surface area contributed by atoms with Gasteiger partial charge in [0.1, 0.15) is 5.82 Å². The van der Waals surface area contributed by atoms with Crippen LogP contribution in [0.25, 0.3) is 5.69 Å². The molecule has 0 atom stereocenters. The van der Waals surface area contributed by atoms with Crippen LogP contribution >= 0.6 is 11.8 Å². The maximum absolute atomic E-state index is 12.3. The molecule has 26 heavy (non-hydrogen) atoms. The van der Waals surface area contributed by atoms with E-state index >= 15 is 0 Å². The minimum atomic E-state index is -0.00409. The van der Waals surface area contributed by atoms with Crippen LogP contribution in [0.2, 0.25) is 0 Å². The Kier molecular flexibility index (Phi) is 5.72. The van der Waals surface area contributed by atoms with Crippen LogP contribution in [-0.2, 0) is 11.2 Å². The van der Waals surface area contributed by atoms with E-state index in [0.29, 0.717) is 18.1 Å². The number of nitrogens with one attached hydrogen (secondary N) is 2. The topological polar surface area (TPSA) is 88.5 Å². The normalized spacial score (nSPS) is 10.9. The molecule has 1 aromatic carbocycles. The second kappa shape index (κ2) is 8.18. The van der Waals surface area contributed by atoms with E-state index in [1.807, 2.05) is 55.8 Å². The highest BCUT2D eigenvalue weighted by Gasteiger charge is 2.15. The Hall–Kier alpha value is -2.61. The summed E-state index contributed by atoms with van der Waals surface area (Å²) in [6.45, 7) is 6.37. The number of aryl methyl sites for hydroxylation is 2. The molecule has 0 radical (unpaired) electrons. The number of amides is 1. The van der Waals surface area contributed by atoms with E-state index in [1.165, 1.54) is 11.8 Å². The van der Waals surface area contributed by atoms with Crippen LogP contribution in [0.5, 0.6) is 0 Å². The fraction of sp³-hybridized carbons (Fsp3) is 0.333. The number of para-hydroxylation sites is 1. The number of benzene rings is 1. The summed E-state index contributed by atoms with van der Waals surface area (Å²) in [5.74, 6) is 1.51. The molecular weight excluding hydrogens is 348 g/mol. The predicted molar refractivity (Wildman–Crippen MR) is 102 cm³/mol. The maximum atomic E-state index is 12.3. The van der Waals surface area contributed by atoms with Crippen molar-refractivity contribution in [2.45, 2.75) is 32.3 Å². The number of thioether (sulfide) groups is 1. The number of carbonyl (C=O) groups is 1. The molecule has 8 heteroatoms. The summed E-state index contributed by atoms with van der Waals surface area (Å²) in [5, 5.41) is 15.1. The smallest absolute Gasteiger partial charge is 0.224 e. The predicted octanol–water partition coefficient (Wildman–Crippen LogP) is 2.37. The van der Waals surface area contributed by atoms with Crippen molar-refractivity contribution in [2.75, 3.05) is 12.3 Å². The van der Waals surface area contributed by atoms with Gasteiger partial charge in [-0.1, -0.05) is 30.0 Å². The van der Waals surface area contributed by atoms with Crippen LogP contribution in [0.4, 0.5) is 0 Å². The van der Waals surface area contributed by atoms with Gasteiger partial charge >= 0.3 is 0 Å². The van der Waals surface area contributed by atoms with E-state index in [1.54, 1.807) is 0 Å². The average Bonchev–Trinajstić information content (AvgIpc) is 3.17. The zero-order valence-electron chi connectivity index (χ0n) is 15.1. The van der Waals surface area contributed by atoms with Crippen molar-refractivity contribution in [3.63, 3.8) is 0 Å². The molecule has 0 aliphatic heterocycles. The summed E-state index contributed by atoms with van der Waals surface area (Å²) in [6, 6.07) is 9.94. The van der Waals surface area contributed by atoms with Crippen LogP contribution in [-0.4, -0.2) is 43.2 Å². The first-order chi connectivity index (χ1) is 12.5. The van der Waals surface area contributed by atoms with E-state index < -0.39 is 0 Å². The molecule has 3 aromatic rings. The standard InChI is InChI=1S/C18H22N6OS/c1-12-16(13(2)24(23-12)15-7-5-4-6-8-15)11-17(25)19-9-10-26-18-20-14(3)21-22-18/h4-8H,9-11H2,1-3H3,(H,19,25)(H,20,21,22). The molecule has 0 aliphatic carbocycles. The van der Waals surface area contributed by atoms with Gasteiger partial charge in [0.15, 0.2) is 0 Å². The van der Waals surface area contributed by atoms with Gasteiger partial charge in [0, 0.05) is 23.6 Å². The van der Waals surface area contributed by atoms with Crippen LogP contribution in [0.3, 0.4) is 0 Å². The largest absolute Gasteiger partial charge is 0.355 e. The van der Waals surface area contributed by atoms with Gasteiger partial charge in [-0.15, -0.1) is 5.10 Å². The van der Waals surface area contributed by atoms with Gasteiger partial charge in [0.25, 0.3) is 0 Å². The summed E-state index contributed by atoms with van der Waals surface area (Å²) in [4.78, 5) is 16.5. The van der Waals surface area contributed by atoms with Gasteiger partial charge in [-0.25, -0.2) is 9.67 Å². The molecule has 0 spiro atoms. The third kappa shape index (κ3) is 4.32. The summed E-state index contributed by atoms with van der Waals surface area (Å²) >= 11 is 1.51.